The van der Waals surface area contributed by atoms with E-state index >= 15 is 0 Å². The second kappa shape index (κ2) is 6.66. The van der Waals surface area contributed by atoms with Crippen molar-refractivity contribution in [2.24, 2.45) is 0 Å². The summed E-state index contributed by atoms with van der Waals surface area (Å²) in [7, 11) is 0. The maximum Gasteiger partial charge on any atom is 0.105 e. The van der Waals surface area contributed by atoms with Gasteiger partial charge in [0.05, 0.1) is 0 Å². The molecule has 1 unspecified atom stereocenters. The second-order valence-electron chi connectivity index (χ2n) is 4.92. The van der Waals surface area contributed by atoms with Crippen molar-refractivity contribution >= 4 is 23.2 Å². The fourth-order valence-corrected chi connectivity index (χ4v) is 2.84. The van der Waals surface area contributed by atoms with Crippen LogP contribution in [0.25, 0.3) is 0 Å². The molecule has 0 aliphatic rings. The Kier molecular flexibility index (Phi) is 5.14. The first kappa shape index (κ1) is 15.4. The number of nitrogens with one attached hydrogen (secondary N) is 1. The predicted molar refractivity (Wildman–Crippen MR) is 84.8 cm³/mol. The van der Waals surface area contributed by atoms with Gasteiger partial charge in [0.15, 0.2) is 0 Å². The van der Waals surface area contributed by atoms with Crippen LogP contribution >= 0.6 is 23.2 Å². The van der Waals surface area contributed by atoms with Gasteiger partial charge in [0.25, 0.3) is 0 Å². The summed E-state index contributed by atoms with van der Waals surface area (Å²) in [5.74, 6) is 1.88. The maximum atomic E-state index is 6.26. The molecule has 0 bridgehead atoms. The van der Waals surface area contributed by atoms with Crippen LogP contribution in [-0.4, -0.2) is 6.54 Å². The Balaban J connectivity index is 2.30. The van der Waals surface area contributed by atoms with Gasteiger partial charge in [-0.3, -0.25) is 0 Å². The van der Waals surface area contributed by atoms with E-state index in [4.69, 9.17) is 27.6 Å². The lowest BCUT2D eigenvalue weighted by Gasteiger charge is -2.18. The Hall–Kier alpha value is -0.960. The molecule has 0 saturated heterocycles. The molecule has 1 aromatic heterocycles. The van der Waals surface area contributed by atoms with Crippen LogP contribution < -0.4 is 5.32 Å². The highest BCUT2D eigenvalue weighted by Gasteiger charge is 2.18. The lowest BCUT2D eigenvalue weighted by molar-refractivity contribution is 0.484. The average Bonchev–Trinajstić information content (AvgIpc) is 2.72. The molecule has 0 aliphatic carbocycles. The predicted octanol–water partition coefficient (Wildman–Crippen LogP) is 5.10. The Labute approximate surface area is 130 Å². The number of hydrogen-bond acceptors (Lipinski definition) is 2. The van der Waals surface area contributed by atoms with E-state index in [-0.39, 0.29) is 6.04 Å². The molecule has 0 aliphatic heterocycles. The molecule has 2 nitrogen and oxygen atoms in total. The van der Waals surface area contributed by atoms with Crippen LogP contribution in [0.4, 0.5) is 0 Å². The zero-order valence-electron chi connectivity index (χ0n) is 12.0. The van der Waals surface area contributed by atoms with Crippen molar-refractivity contribution < 1.29 is 4.42 Å². The average molecular weight is 312 g/mol. The normalized spacial score (nSPS) is 12.7. The van der Waals surface area contributed by atoms with Crippen molar-refractivity contribution in [1.29, 1.82) is 0 Å². The first-order valence-corrected chi connectivity index (χ1v) is 7.51. The largest absolute Gasteiger partial charge is 0.466 e. The maximum absolute atomic E-state index is 6.26. The van der Waals surface area contributed by atoms with E-state index in [1.165, 1.54) is 5.56 Å². The topological polar surface area (TPSA) is 25.2 Å². The summed E-state index contributed by atoms with van der Waals surface area (Å²) in [6.07, 6.45) is 0.785. The summed E-state index contributed by atoms with van der Waals surface area (Å²) in [5, 5.41) is 4.94. The fourth-order valence-electron chi connectivity index (χ4n) is 2.45. The molecule has 1 atom stereocenters. The lowest BCUT2D eigenvalue weighted by atomic mass is 9.99. The molecule has 2 aromatic rings. The summed E-state index contributed by atoms with van der Waals surface area (Å²) < 4.78 is 5.63. The Bertz CT molecular complexity index is 592. The number of hydrogen-bond donors (Lipinski definition) is 1. The fraction of sp³-hybridized carbons (Fsp3) is 0.375. The Morgan fingerprint density at radius 2 is 1.95 bits per heavy atom. The number of rotatable bonds is 5. The first-order chi connectivity index (χ1) is 9.51. The third kappa shape index (κ3) is 3.57. The number of likely N-dealkylation sites (N-methyl/N-ethyl adjacent to an activating group) is 1. The van der Waals surface area contributed by atoms with Gasteiger partial charge in [0.2, 0.25) is 0 Å². The SMILES string of the molecule is CCNC(Cc1cc(Cl)ccc1Cl)c1cc(C)oc1C. The first-order valence-electron chi connectivity index (χ1n) is 6.75. The summed E-state index contributed by atoms with van der Waals surface area (Å²) in [5.41, 5.74) is 2.23. The number of aryl methyl sites for hydroxylation is 2. The van der Waals surface area contributed by atoms with E-state index in [1.54, 1.807) is 0 Å². The minimum Gasteiger partial charge on any atom is -0.466 e. The van der Waals surface area contributed by atoms with Gasteiger partial charge in [-0.1, -0.05) is 30.1 Å². The zero-order valence-corrected chi connectivity index (χ0v) is 13.5. The second-order valence-corrected chi connectivity index (χ2v) is 5.76. The van der Waals surface area contributed by atoms with Crippen molar-refractivity contribution in [2.75, 3.05) is 6.54 Å². The van der Waals surface area contributed by atoms with Gasteiger partial charge in [-0.2, -0.15) is 0 Å². The van der Waals surface area contributed by atoms with Gasteiger partial charge in [0.1, 0.15) is 11.5 Å². The molecule has 0 spiro atoms. The summed E-state index contributed by atoms with van der Waals surface area (Å²) >= 11 is 12.3. The molecule has 0 amide bonds. The van der Waals surface area contributed by atoms with E-state index in [1.807, 2.05) is 32.0 Å². The monoisotopic (exact) mass is 311 g/mol. The summed E-state index contributed by atoms with van der Waals surface area (Å²) in [6.45, 7) is 6.93. The van der Waals surface area contributed by atoms with Gasteiger partial charge >= 0.3 is 0 Å². The van der Waals surface area contributed by atoms with Gasteiger partial charge in [0, 0.05) is 21.7 Å². The highest BCUT2D eigenvalue weighted by molar-refractivity contribution is 6.33. The van der Waals surface area contributed by atoms with E-state index in [0.717, 1.165) is 35.1 Å². The minimum absolute atomic E-state index is 0.174. The molecular weight excluding hydrogens is 293 g/mol. The number of furan rings is 1. The van der Waals surface area contributed by atoms with E-state index in [9.17, 15) is 0 Å². The van der Waals surface area contributed by atoms with Crippen molar-refractivity contribution in [3.63, 3.8) is 0 Å². The van der Waals surface area contributed by atoms with Crippen molar-refractivity contribution in [1.82, 2.24) is 5.32 Å². The van der Waals surface area contributed by atoms with Crippen molar-refractivity contribution in [3.05, 3.63) is 57.0 Å². The third-order valence-corrected chi connectivity index (χ3v) is 3.94. The highest BCUT2D eigenvalue weighted by atomic mass is 35.5. The molecule has 1 heterocycles. The van der Waals surface area contributed by atoms with Gasteiger partial charge < -0.3 is 9.73 Å². The molecule has 2 rings (SSSR count). The Morgan fingerprint density at radius 3 is 2.55 bits per heavy atom. The quantitative estimate of drug-likeness (QED) is 0.831. The van der Waals surface area contributed by atoms with Crippen molar-refractivity contribution in [3.8, 4) is 0 Å². The standard InChI is InChI=1S/C16H19Cl2NO/c1-4-19-16(14-7-10(2)20-11(14)3)9-12-8-13(17)5-6-15(12)18/h5-8,16,19H,4,9H2,1-3H3. The molecule has 0 radical (unpaired) electrons. The van der Waals surface area contributed by atoms with Crippen molar-refractivity contribution in [2.45, 2.75) is 33.2 Å². The molecule has 20 heavy (non-hydrogen) atoms. The molecule has 0 fully saturated rings. The van der Waals surface area contributed by atoms with Crippen LogP contribution in [-0.2, 0) is 6.42 Å². The highest BCUT2D eigenvalue weighted by Crippen LogP contribution is 2.29. The van der Waals surface area contributed by atoms with E-state index in [2.05, 4.69) is 18.3 Å². The molecule has 1 aromatic carbocycles. The lowest BCUT2D eigenvalue weighted by Crippen LogP contribution is -2.23. The summed E-state index contributed by atoms with van der Waals surface area (Å²) in [4.78, 5) is 0. The van der Waals surface area contributed by atoms with E-state index in [0.29, 0.717) is 5.02 Å². The third-order valence-electron chi connectivity index (χ3n) is 3.34. The molecule has 4 heteroatoms. The molecular formula is C16H19Cl2NO. The number of benzene rings is 1. The van der Waals surface area contributed by atoms with Crippen LogP contribution in [0.2, 0.25) is 10.0 Å². The van der Waals surface area contributed by atoms with Crippen LogP contribution in [0.3, 0.4) is 0 Å². The van der Waals surface area contributed by atoms with Gasteiger partial charge in [-0.05, 0) is 56.6 Å². The smallest absolute Gasteiger partial charge is 0.105 e. The zero-order chi connectivity index (χ0) is 14.7. The van der Waals surface area contributed by atoms with Gasteiger partial charge in [-0.25, -0.2) is 0 Å². The van der Waals surface area contributed by atoms with Crippen LogP contribution in [0.1, 0.15) is 35.6 Å². The van der Waals surface area contributed by atoms with E-state index < -0.39 is 0 Å². The summed E-state index contributed by atoms with van der Waals surface area (Å²) in [6, 6.07) is 7.84. The molecule has 1 N–H and O–H groups in total. The van der Waals surface area contributed by atoms with Crippen LogP contribution in [0.5, 0.6) is 0 Å². The number of halogens is 2. The molecule has 0 saturated carbocycles. The van der Waals surface area contributed by atoms with Gasteiger partial charge in [-0.15, -0.1) is 0 Å². The molecule has 108 valence electrons. The minimum atomic E-state index is 0.174. The Morgan fingerprint density at radius 1 is 1.20 bits per heavy atom. The van der Waals surface area contributed by atoms with Crippen LogP contribution in [0, 0.1) is 13.8 Å². The van der Waals surface area contributed by atoms with Crippen LogP contribution in [0.15, 0.2) is 28.7 Å².